The molecular weight excluding hydrogens is 198 g/mol. The van der Waals surface area contributed by atoms with E-state index in [-0.39, 0.29) is 0 Å². The zero-order valence-corrected chi connectivity index (χ0v) is 10.9. The average molecular weight is 225 g/mol. The smallest absolute Gasteiger partial charge is 0.0690 e. The fourth-order valence-electron chi connectivity index (χ4n) is 2.35. The van der Waals surface area contributed by atoms with E-state index in [0.29, 0.717) is 6.10 Å². The van der Waals surface area contributed by atoms with Crippen LogP contribution in [0.15, 0.2) is 12.2 Å². The van der Waals surface area contributed by atoms with Crippen LogP contribution in [-0.4, -0.2) is 25.8 Å². The van der Waals surface area contributed by atoms with Crippen LogP contribution in [0.5, 0.6) is 0 Å². The van der Waals surface area contributed by atoms with Gasteiger partial charge in [0.05, 0.1) is 12.7 Å². The number of hydrogen-bond acceptors (Lipinski definition) is 2. The molecule has 1 aliphatic carbocycles. The van der Waals surface area contributed by atoms with E-state index in [1.807, 2.05) is 0 Å². The number of nitrogens with one attached hydrogen (secondary N) is 1. The summed E-state index contributed by atoms with van der Waals surface area (Å²) >= 11 is 0. The van der Waals surface area contributed by atoms with Gasteiger partial charge in [-0.3, -0.25) is 0 Å². The van der Waals surface area contributed by atoms with E-state index < -0.39 is 0 Å². The summed E-state index contributed by atoms with van der Waals surface area (Å²) in [6.07, 6.45) is 7.02. The summed E-state index contributed by atoms with van der Waals surface area (Å²) in [5.74, 6) is 0.890. The first-order chi connectivity index (χ1) is 7.76. The highest BCUT2D eigenvalue weighted by molar-refractivity contribution is 4.97. The van der Waals surface area contributed by atoms with Gasteiger partial charge in [0.2, 0.25) is 0 Å². The fraction of sp³-hybridized carbons (Fsp3) is 0.857. The zero-order valence-electron chi connectivity index (χ0n) is 10.9. The van der Waals surface area contributed by atoms with Crippen molar-refractivity contribution in [2.24, 2.45) is 5.92 Å². The molecule has 1 aliphatic rings. The van der Waals surface area contributed by atoms with Crippen LogP contribution in [0.3, 0.4) is 0 Å². The lowest BCUT2D eigenvalue weighted by atomic mass is 9.85. The van der Waals surface area contributed by atoms with Crippen molar-refractivity contribution in [3.05, 3.63) is 12.2 Å². The lowest BCUT2D eigenvalue weighted by molar-refractivity contribution is 0.0247. The van der Waals surface area contributed by atoms with Crippen LogP contribution in [0.1, 0.15) is 46.0 Å². The molecule has 0 heterocycles. The Morgan fingerprint density at radius 3 is 2.88 bits per heavy atom. The molecule has 1 saturated carbocycles. The van der Waals surface area contributed by atoms with Gasteiger partial charge in [-0.1, -0.05) is 39.7 Å². The maximum atomic E-state index is 5.93. The lowest BCUT2D eigenvalue weighted by Gasteiger charge is -2.28. The first-order valence-corrected chi connectivity index (χ1v) is 6.75. The van der Waals surface area contributed by atoms with E-state index in [9.17, 15) is 0 Å². The van der Waals surface area contributed by atoms with E-state index in [4.69, 9.17) is 4.74 Å². The maximum absolute atomic E-state index is 5.93. The van der Waals surface area contributed by atoms with Gasteiger partial charge < -0.3 is 10.1 Å². The second-order valence-electron chi connectivity index (χ2n) is 4.90. The molecule has 0 aromatic rings. The molecule has 2 heteroatoms. The summed E-state index contributed by atoms with van der Waals surface area (Å²) in [6, 6.07) is 0. The third kappa shape index (κ3) is 5.13. The quantitative estimate of drug-likeness (QED) is 0.672. The second kappa shape index (κ2) is 7.86. The van der Waals surface area contributed by atoms with Gasteiger partial charge in [0.15, 0.2) is 0 Å². The van der Waals surface area contributed by atoms with Crippen LogP contribution >= 0.6 is 0 Å². The highest BCUT2D eigenvalue weighted by Gasteiger charge is 2.21. The molecule has 2 nitrogen and oxygen atoms in total. The minimum absolute atomic E-state index is 0.483. The number of likely N-dealkylation sites (N-methyl/N-ethyl adjacent to an activating group) is 1. The molecular formula is C14H27NO. The summed E-state index contributed by atoms with van der Waals surface area (Å²) in [5.41, 5.74) is 1.17. The molecule has 0 aromatic carbocycles. The van der Waals surface area contributed by atoms with Gasteiger partial charge in [-0.15, -0.1) is 0 Å². The fourth-order valence-corrected chi connectivity index (χ4v) is 2.35. The largest absolute Gasteiger partial charge is 0.374 e. The Hall–Kier alpha value is -0.340. The Morgan fingerprint density at radius 1 is 1.38 bits per heavy atom. The van der Waals surface area contributed by atoms with Crippen molar-refractivity contribution in [3.63, 3.8) is 0 Å². The molecule has 1 rings (SSSR count). The summed E-state index contributed by atoms with van der Waals surface area (Å²) in [7, 11) is 0. The summed E-state index contributed by atoms with van der Waals surface area (Å²) in [4.78, 5) is 0. The van der Waals surface area contributed by atoms with E-state index >= 15 is 0 Å². The van der Waals surface area contributed by atoms with Crippen molar-refractivity contribution in [2.75, 3.05) is 19.7 Å². The van der Waals surface area contributed by atoms with Crippen LogP contribution < -0.4 is 5.32 Å². The molecule has 1 N–H and O–H groups in total. The van der Waals surface area contributed by atoms with Crippen molar-refractivity contribution in [1.29, 1.82) is 0 Å². The van der Waals surface area contributed by atoms with Crippen molar-refractivity contribution in [3.8, 4) is 0 Å². The van der Waals surface area contributed by atoms with Crippen LogP contribution in [0.2, 0.25) is 0 Å². The lowest BCUT2D eigenvalue weighted by Crippen LogP contribution is -2.25. The Balaban J connectivity index is 2.14. The Labute approximate surface area is 100 Å². The van der Waals surface area contributed by atoms with Gasteiger partial charge in [0.1, 0.15) is 0 Å². The molecule has 0 bridgehead atoms. The van der Waals surface area contributed by atoms with E-state index in [1.165, 1.54) is 37.7 Å². The maximum Gasteiger partial charge on any atom is 0.0690 e. The summed E-state index contributed by atoms with van der Waals surface area (Å²) < 4.78 is 5.93. The highest BCUT2D eigenvalue weighted by Crippen LogP contribution is 2.28. The number of ether oxygens (including phenoxy) is 1. The van der Waals surface area contributed by atoms with Gasteiger partial charge in [0.25, 0.3) is 0 Å². The topological polar surface area (TPSA) is 21.3 Å². The first-order valence-electron chi connectivity index (χ1n) is 6.75. The van der Waals surface area contributed by atoms with Gasteiger partial charge in [-0.25, -0.2) is 0 Å². The molecule has 0 aromatic heterocycles. The molecule has 0 saturated heterocycles. The Morgan fingerprint density at radius 2 is 2.19 bits per heavy atom. The molecule has 0 radical (unpaired) electrons. The van der Waals surface area contributed by atoms with Gasteiger partial charge in [0, 0.05) is 6.54 Å². The van der Waals surface area contributed by atoms with Crippen molar-refractivity contribution < 1.29 is 4.74 Å². The minimum Gasteiger partial charge on any atom is -0.374 e. The standard InChI is InChI=1S/C14H27NO/c1-4-13-7-6-8-14(9-13)16-11-12(3)10-15-5-2/h13-15H,3-11H2,1-2H3. The van der Waals surface area contributed by atoms with Gasteiger partial charge in [-0.05, 0) is 30.9 Å². The third-order valence-corrected chi connectivity index (χ3v) is 3.46. The molecule has 0 amide bonds. The van der Waals surface area contributed by atoms with Crippen LogP contribution in [0.4, 0.5) is 0 Å². The van der Waals surface area contributed by atoms with Crippen LogP contribution in [0.25, 0.3) is 0 Å². The monoisotopic (exact) mass is 225 g/mol. The van der Waals surface area contributed by atoms with E-state index in [2.05, 4.69) is 25.7 Å². The predicted molar refractivity (Wildman–Crippen MR) is 69.7 cm³/mol. The highest BCUT2D eigenvalue weighted by atomic mass is 16.5. The molecule has 94 valence electrons. The normalized spacial score (nSPS) is 25.6. The molecule has 2 atom stereocenters. The summed E-state index contributed by atoms with van der Waals surface area (Å²) in [5, 5.41) is 3.28. The number of rotatable bonds is 7. The van der Waals surface area contributed by atoms with Crippen molar-refractivity contribution in [1.82, 2.24) is 5.32 Å². The van der Waals surface area contributed by atoms with E-state index in [1.54, 1.807) is 0 Å². The minimum atomic E-state index is 0.483. The van der Waals surface area contributed by atoms with Gasteiger partial charge >= 0.3 is 0 Å². The number of hydrogen-bond donors (Lipinski definition) is 1. The average Bonchev–Trinajstić information content (AvgIpc) is 2.34. The van der Waals surface area contributed by atoms with Crippen molar-refractivity contribution in [2.45, 2.75) is 52.1 Å². The SMILES string of the molecule is C=C(CNCC)COC1CCCC(CC)C1. The molecule has 1 fully saturated rings. The molecule has 16 heavy (non-hydrogen) atoms. The Bertz CT molecular complexity index is 203. The van der Waals surface area contributed by atoms with E-state index in [0.717, 1.165) is 25.6 Å². The van der Waals surface area contributed by atoms with Crippen LogP contribution in [0, 0.1) is 5.92 Å². The second-order valence-corrected chi connectivity index (χ2v) is 4.90. The molecule has 0 aliphatic heterocycles. The van der Waals surface area contributed by atoms with Crippen molar-refractivity contribution >= 4 is 0 Å². The zero-order chi connectivity index (χ0) is 11.8. The van der Waals surface area contributed by atoms with Gasteiger partial charge in [-0.2, -0.15) is 0 Å². The first kappa shape index (κ1) is 13.7. The molecule has 2 unspecified atom stereocenters. The van der Waals surface area contributed by atoms with Crippen LogP contribution in [-0.2, 0) is 4.74 Å². The Kier molecular flexibility index (Phi) is 6.74. The predicted octanol–water partition coefficient (Wildman–Crippen LogP) is 3.14. The third-order valence-electron chi connectivity index (χ3n) is 3.46. The summed E-state index contributed by atoms with van der Waals surface area (Å²) in [6.45, 7) is 11.0. The molecule has 0 spiro atoms.